The maximum absolute atomic E-state index is 14.1. The summed E-state index contributed by atoms with van der Waals surface area (Å²) in [7, 11) is 0. The van der Waals surface area contributed by atoms with Crippen LogP contribution in [0.2, 0.25) is 0 Å². The van der Waals surface area contributed by atoms with Crippen LogP contribution in [0.25, 0.3) is 0 Å². The van der Waals surface area contributed by atoms with Crippen molar-refractivity contribution in [3.8, 4) is 0 Å². The number of hydrogen-bond donors (Lipinski definition) is 1. The molecule has 1 aromatic carbocycles. The molecule has 1 saturated heterocycles. The minimum absolute atomic E-state index is 0. The third kappa shape index (κ3) is 4.59. The van der Waals surface area contributed by atoms with Crippen molar-refractivity contribution in [2.45, 2.75) is 26.3 Å². The van der Waals surface area contributed by atoms with E-state index in [0.717, 1.165) is 32.2 Å². The Morgan fingerprint density at radius 3 is 2.33 bits per heavy atom. The Kier molecular flexibility index (Phi) is 6.97. The van der Waals surface area contributed by atoms with Crippen LogP contribution in [0.15, 0.2) is 12.1 Å². The molecule has 0 spiro atoms. The fourth-order valence-electron chi connectivity index (χ4n) is 2.73. The third-order valence-corrected chi connectivity index (χ3v) is 3.67. The van der Waals surface area contributed by atoms with Crippen molar-refractivity contribution in [2.24, 2.45) is 5.92 Å². The first-order chi connectivity index (χ1) is 9.49. The molecule has 1 atom stereocenters. The summed E-state index contributed by atoms with van der Waals surface area (Å²) < 4.78 is 40.9. The maximum Gasteiger partial charge on any atom is 0.163 e. The van der Waals surface area contributed by atoms with Crippen LogP contribution in [-0.4, -0.2) is 31.1 Å². The molecule has 1 N–H and O–H groups in total. The molecule has 0 aromatic heterocycles. The highest BCUT2D eigenvalue weighted by atomic mass is 35.5. The van der Waals surface area contributed by atoms with Gasteiger partial charge in [-0.25, -0.2) is 13.2 Å². The Morgan fingerprint density at radius 2 is 1.76 bits per heavy atom. The molecule has 1 heterocycles. The molecule has 6 heteroatoms. The molecule has 2 nitrogen and oxygen atoms in total. The molecule has 1 aromatic rings. The molecule has 1 fully saturated rings. The smallest absolute Gasteiger partial charge is 0.163 e. The normalized spacial score (nSPS) is 17.6. The van der Waals surface area contributed by atoms with Crippen LogP contribution in [0.4, 0.5) is 13.2 Å². The van der Waals surface area contributed by atoms with Crippen molar-refractivity contribution in [3.05, 3.63) is 35.1 Å². The second kappa shape index (κ2) is 8.01. The largest absolute Gasteiger partial charge is 0.314 e. The van der Waals surface area contributed by atoms with Crippen LogP contribution in [0.1, 0.15) is 31.9 Å². The molecule has 0 amide bonds. The van der Waals surface area contributed by atoms with Gasteiger partial charge >= 0.3 is 0 Å². The first-order valence-corrected chi connectivity index (χ1v) is 7.08. The Balaban J connectivity index is 0.00000220. The van der Waals surface area contributed by atoms with Crippen LogP contribution < -0.4 is 5.32 Å². The quantitative estimate of drug-likeness (QED) is 0.853. The number of hydrogen-bond acceptors (Lipinski definition) is 2. The molecule has 0 aliphatic carbocycles. The molecular formula is C15H22ClF3N2. The minimum atomic E-state index is -1.11. The lowest BCUT2D eigenvalue weighted by molar-refractivity contribution is 0.150. The summed E-state index contributed by atoms with van der Waals surface area (Å²) in [5.74, 6) is -2.43. The SMILES string of the molecule is CC(C)C[C@@H](c1cc(F)cc(F)c1F)N1CCNCC1.Cl. The van der Waals surface area contributed by atoms with E-state index in [2.05, 4.69) is 10.2 Å². The van der Waals surface area contributed by atoms with E-state index in [9.17, 15) is 13.2 Å². The highest BCUT2D eigenvalue weighted by Gasteiger charge is 2.27. The Labute approximate surface area is 130 Å². The third-order valence-electron chi connectivity index (χ3n) is 3.67. The Hall–Kier alpha value is -0.780. The van der Waals surface area contributed by atoms with Crippen molar-refractivity contribution in [1.29, 1.82) is 0 Å². The predicted molar refractivity (Wildman–Crippen MR) is 80.2 cm³/mol. The molecular weight excluding hydrogens is 301 g/mol. The topological polar surface area (TPSA) is 15.3 Å². The predicted octanol–water partition coefficient (Wildman–Crippen LogP) is 3.52. The number of nitrogens with one attached hydrogen (secondary N) is 1. The van der Waals surface area contributed by atoms with Gasteiger partial charge in [-0.3, -0.25) is 4.90 Å². The summed E-state index contributed by atoms with van der Waals surface area (Å²) in [6.45, 7) is 7.21. The lowest BCUT2D eigenvalue weighted by Crippen LogP contribution is -2.45. The van der Waals surface area contributed by atoms with Gasteiger partial charge in [-0.05, 0) is 18.4 Å². The number of benzene rings is 1. The highest BCUT2D eigenvalue weighted by molar-refractivity contribution is 5.85. The molecule has 0 bridgehead atoms. The van der Waals surface area contributed by atoms with Crippen molar-refractivity contribution >= 4 is 12.4 Å². The van der Waals surface area contributed by atoms with E-state index in [0.29, 0.717) is 18.4 Å². The van der Waals surface area contributed by atoms with E-state index in [-0.39, 0.29) is 24.0 Å². The van der Waals surface area contributed by atoms with Gasteiger partial charge in [0, 0.05) is 43.9 Å². The number of piperazine rings is 1. The van der Waals surface area contributed by atoms with Crippen molar-refractivity contribution in [3.63, 3.8) is 0 Å². The zero-order valence-corrected chi connectivity index (χ0v) is 13.2. The van der Waals surface area contributed by atoms with Gasteiger partial charge in [0.1, 0.15) is 5.82 Å². The summed E-state index contributed by atoms with van der Waals surface area (Å²) >= 11 is 0. The van der Waals surface area contributed by atoms with Crippen molar-refractivity contribution < 1.29 is 13.2 Å². The summed E-state index contributed by atoms with van der Waals surface area (Å²) in [6, 6.07) is 1.46. The number of halogens is 4. The van der Waals surface area contributed by atoms with Gasteiger partial charge in [0.15, 0.2) is 11.6 Å². The summed E-state index contributed by atoms with van der Waals surface area (Å²) in [6.07, 6.45) is 0.680. The molecule has 2 rings (SSSR count). The minimum Gasteiger partial charge on any atom is -0.314 e. The highest BCUT2D eigenvalue weighted by Crippen LogP contribution is 2.31. The van der Waals surface area contributed by atoms with Gasteiger partial charge in [-0.2, -0.15) is 0 Å². The van der Waals surface area contributed by atoms with Crippen LogP contribution >= 0.6 is 12.4 Å². The van der Waals surface area contributed by atoms with Crippen LogP contribution in [0.5, 0.6) is 0 Å². The van der Waals surface area contributed by atoms with Gasteiger partial charge in [0.25, 0.3) is 0 Å². The second-order valence-electron chi connectivity index (χ2n) is 5.72. The first kappa shape index (κ1) is 18.3. The summed E-state index contributed by atoms with van der Waals surface area (Å²) in [5, 5.41) is 3.23. The maximum atomic E-state index is 14.1. The zero-order valence-electron chi connectivity index (χ0n) is 12.3. The summed E-state index contributed by atoms with van der Waals surface area (Å²) in [5.41, 5.74) is 0.137. The fourth-order valence-corrected chi connectivity index (χ4v) is 2.73. The van der Waals surface area contributed by atoms with Gasteiger partial charge in [0.05, 0.1) is 0 Å². The van der Waals surface area contributed by atoms with E-state index >= 15 is 0 Å². The summed E-state index contributed by atoms with van der Waals surface area (Å²) in [4.78, 5) is 2.10. The number of rotatable bonds is 4. The average Bonchev–Trinajstić information content (AvgIpc) is 2.41. The molecule has 0 unspecified atom stereocenters. The Morgan fingerprint density at radius 1 is 1.14 bits per heavy atom. The van der Waals surface area contributed by atoms with Crippen LogP contribution in [0.3, 0.4) is 0 Å². The molecule has 120 valence electrons. The van der Waals surface area contributed by atoms with Gasteiger partial charge < -0.3 is 5.32 Å². The number of nitrogens with zero attached hydrogens (tertiary/aromatic N) is 1. The zero-order chi connectivity index (χ0) is 14.7. The van der Waals surface area contributed by atoms with Crippen LogP contribution in [0, 0.1) is 23.4 Å². The second-order valence-corrected chi connectivity index (χ2v) is 5.72. The van der Waals surface area contributed by atoms with E-state index in [1.807, 2.05) is 13.8 Å². The van der Waals surface area contributed by atoms with Gasteiger partial charge in [-0.1, -0.05) is 13.8 Å². The molecule has 1 aliphatic heterocycles. The van der Waals surface area contributed by atoms with E-state index in [1.165, 1.54) is 0 Å². The van der Waals surface area contributed by atoms with E-state index < -0.39 is 17.5 Å². The lowest BCUT2D eigenvalue weighted by atomic mass is 9.94. The first-order valence-electron chi connectivity index (χ1n) is 7.08. The van der Waals surface area contributed by atoms with Crippen molar-refractivity contribution in [1.82, 2.24) is 10.2 Å². The standard InChI is InChI=1S/C15H21F3N2.ClH/c1-10(2)7-14(20-5-3-19-4-6-20)12-8-11(16)9-13(17)15(12)18;/h8-10,14,19H,3-7H2,1-2H3;1H/t14-;/m0./s1. The molecule has 0 radical (unpaired) electrons. The van der Waals surface area contributed by atoms with Crippen LogP contribution in [-0.2, 0) is 0 Å². The van der Waals surface area contributed by atoms with Gasteiger partial charge in [0.2, 0.25) is 0 Å². The average molecular weight is 323 g/mol. The van der Waals surface area contributed by atoms with E-state index in [4.69, 9.17) is 0 Å². The molecule has 1 aliphatic rings. The molecule has 0 saturated carbocycles. The van der Waals surface area contributed by atoms with E-state index in [1.54, 1.807) is 0 Å². The lowest BCUT2D eigenvalue weighted by Gasteiger charge is -2.36. The van der Waals surface area contributed by atoms with Crippen molar-refractivity contribution in [2.75, 3.05) is 26.2 Å². The fraction of sp³-hybridized carbons (Fsp3) is 0.600. The monoisotopic (exact) mass is 322 g/mol. The van der Waals surface area contributed by atoms with Gasteiger partial charge in [-0.15, -0.1) is 12.4 Å². The molecule has 21 heavy (non-hydrogen) atoms. The Bertz CT molecular complexity index is 462.